The Kier molecular flexibility index (Phi) is 5.43. The number of halogens is 3. The topological polar surface area (TPSA) is 66.1 Å². The molecule has 0 fully saturated rings. The van der Waals surface area contributed by atoms with Crippen LogP contribution in [0, 0.1) is 0 Å². The van der Waals surface area contributed by atoms with E-state index in [0.717, 1.165) is 16.8 Å². The molecule has 1 aromatic heterocycles. The lowest BCUT2D eigenvalue weighted by Gasteiger charge is -2.28. The Morgan fingerprint density at radius 3 is 2.56 bits per heavy atom. The predicted molar refractivity (Wildman–Crippen MR) is 122 cm³/mol. The lowest BCUT2D eigenvalue weighted by Crippen LogP contribution is -2.40. The highest BCUT2D eigenvalue weighted by Crippen LogP contribution is 2.32. The predicted octanol–water partition coefficient (Wildman–Crippen LogP) is 4.73. The van der Waals surface area contributed by atoms with Crippen molar-refractivity contribution in [1.82, 2.24) is 14.9 Å². The molecule has 2 heterocycles. The van der Waals surface area contributed by atoms with Gasteiger partial charge in [0.1, 0.15) is 5.82 Å². The first-order valence-electron chi connectivity index (χ1n) is 10.8. The molecule has 1 amide bonds. The van der Waals surface area contributed by atoms with E-state index in [2.05, 4.69) is 9.97 Å². The van der Waals surface area contributed by atoms with Crippen molar-refractivity contribution in [2.24, 2.45) is 0 Å². The second kappa shape index (κ2) is 8.44. The molecule has 0 unspecified atom stereocenters. The average molecular weight is 463 g/mol. The van der Waals surface area contributed by atoms with Crippen LogP contribution in [0.1, 0.15) is 38.6 Å². The third-order valence-corrected chi connectivity index (χ3v) is 6.11. The van der Waals surface area contributed by atoms with Crippen LogP contribution in [0.3, 0.4) is 0 Å². The lowest BCUT2D eigenvalue weighted by molar-refractivity contribution is -0.138. The van der Waals surface area contributed by atoms with Gasteiger partial charge in [-0.2, -0.15) is 13.2 Å². The third-order valence-electron chi connectivity index (χ3n) is 6.11. The number of fused-ring (bicyclic) bond motifs is 2. The molecular formula is C26H20F3N3O2. The molecule has 4 aromatic rings. The number of hydrogen-bond donors (Lipinski definition) is 1. The van der Waals surface area contributed by atoms with Crippen LogP contribution >= 0.6 is 0 Å². The van der Waals surface area contributed by atoms with E-state index in [9.17, 15) is 22.8 Å². The van der Waals surface area contributed by atoms with Crippen LogP contribution in [0.4, 0.5) is 13.2 Å². The molecular weight excluding hydrogens is 443 g/mol. The van der Waals surface area contributed by atoms with Gasteiger partial charge in [-0.15, -0.1) is 0 Å². The SMILES string of the molecule is O=C(c1cccc2ccccc12)N1CCc2nc(Cc3ccccc3C(F)(F)F)[nH]c(=O)c2C1. The zero-order valence-corrected chi connectivity index (χ0v) is 18.0. The maximum Gasteiger partial charge on any atom is 0.416 e. The summed E-state index contributed by atoms with van der Waals surface area (Å²) in [6.07, 6.45) is -4.28. The highest BCUT2D eigenvalue weighted by Gasteiger charge is 2.33. The largest absolute Gasteiger partial charge is 0.416 e. The van der Waals surface area contributed by atoms with E-state index >= 15 is 0 Å². The molecule has 0 atom stereocenters. The van der Waals surface area contributed by atoms with Gasteiger partial charge in [-0.3, -0.25) is 9.59 Å². The maximum atomic E-state index is 13.3. The monoisotopic (exact) mass is 463 g/mol. The number of amides is 1. The second-order valence-corrected chi connectivity index (χ2v) is 8.27. The van der Waals surface area contributed by atoms with Crippen molar-refractivity contribution in [3.63, 3.8) is 0 Å². The summed E-state index contributed by atoms with van der Waals surface area (Å²) in [7, 11) is 0. The number of nitrogens with one attached hydrogen (secondary N) is 1. The number of alkyl halides is 3. The van der Waals surface area contributed by atoms with Gasteiger partial charge >= 0.3 is 6.18 Å². The fourth-order valence-corrected chi connectivity index (χ4v) is 4.45. The van der Waals surface area contributed by atoms with E-state index in [4.69, 9.17) is 0 Å². The third kappa shape index (κ3) is 4.07. The number of benzene rings is 3. The van der Waals surface area contributed by atoms with Crippen molar-refractivity contribution in [3.8, 4) is 0 Å². The van der Waals surface area contributed by atoms with Crippen LogP contribution in [-0.4, -0.2) is 27.3 Å². The normalized spacial score (nSPS) is 13.7. The fourth-order valence-electron chi connectivity index (χ4n) is 4.45. The zero-order valence-electron chi connectivity index (χ0n) is 18.0. The zero-order chi connectivity index (χ0) is 23.9. The number of carbonyl (C=O) groups is 1. The van der Waals surface area contributed by atoms with Gasteiger partial charge in [-0.25, -0.2) is 4.98 Å². The Bertz CT molecular complexity index is 1450. The highest BCUT2D eigenvalue weighted by molar-refractivity contribution is 6.07. The molecule has 0 aliphatic carbocycles. The second-order valence-electron chi connectivity index (χ2n) is 8.27. The summed E-state index contributed by atoms with van der Waals surface area (Å²) in [6, 6.07) is 18.4. The van der Waals surface area contributed by atoms with Crippen LogP contribution in [0.15, 0.2) is 71.5 Å². The first kappa shape index (κ1) is 21.9. The summed E-state index contributed by atoms with van der Waals surface area (Å²) in [5, 5.41) is 1.79. The van der Waals surface area contributed by atoms with Crippen LogP contribution in [-0.2, 0) is 25.6 Å². The van der Waals surface area contributed by atoms with E-state index in [0.29, 0.717) is 29.8 Å². The van der Waals surface area contributed by atoms with Crippen LogP contribution < -0.4 is 5.56 Å². The number of H-pyrrole nitrogens is 1. The van der Waals surface area contributed by atoms with E-state index in [1.807, 2.05) is 36.4 Å². The van der Waals surface area contributed by atoms with Gasteiger partial charge < -0.3 is 9.88 Å². The van der Waals surface area contributed by atoms with E-state index in [-0.39, 0.29) is 30.3 Å². The molecule has 5 rings (SSSR count). The number of hydrogen-bond acceptors (Lipinski definition) is 3. The quantitative estimate of drug-likeness (QED) is 0.478. The first-order valence-corrected chi connectivity index (χ1v) is 10.8. The maximum absolute atomic E-state index is 13.3. The molecule has 5 nitrogen and oxygen atoms in total. The van der Waals surface area contributed by atoms with Crippen molar-refractivity contribution in [3.05, 3.63) is 111 Å². The van der Waals surface area contributed by atoms with Gasteiger partial charge in [0.25, 0.3) is 11.5 Å². The number of nitrogens with zero attached hydrogens (tertiary/aromatic N) is 2. The van der Waals surface area contributed by atoms with Gasteiger partial charge in [0.05, 0.1) is 23.4 Å². The minimum absolute atomic E-state index is 0.0432. The van der Waals surface area contributed by atoms with Crippen molar-refractivity contribution in [1.29, 1.82) is 0 Å². The molecule has 0 spiro atoms. The average Bonchev–Trinajstić information content (AvgIpc) is 2.83. The number of rotatable bonds is 3. The van der Waals surface area contributed by atoms with Crippen molar-refractivity contribution in [2.45, 2.75) is 25.6 Å². The minimum Gasteiger partial charge on any atom is -0.334 e. The van der Waals surface area contributed by atoms with E-state index in [1.54, 1.807) is 11.0 Å². The highest BCUT2D eigenvalue weighted by atomic mass is 19.4. The molecule has 1 aliphatic rings. The Balaban J connectivity index is 1.42. The standard InChI is InChI=1S/C26H20F3N3O2/c27-26(28,29)21-11-4-2-7-17(21)14-23-30-22-12-13-32(15-20(22)24(33)31-23)25(34)19-10-5-8-16-6-1-3-9-18(16)19/h1-11H,12-15H2,(H,30,31,33). The van der Waals surface area contributed by atoms with Crippen LogP contribution in [0.25, 0.3) is 10.8 Å². The van der Waals surface area contributed by atoms with Crippen molar-refractivity contribution in [2.75, 3.05) is 6.54 Å². The van der Waals surface area contributed by atoms with Crippen molar-refractivity contribution < 1.29 is 18.0 Å². The van der Waals surface area contributed by atoms with Gasteiger partial charge in [0, 0.05) is 24.9 Å². The molecule has 0 saturated heterocycles. The summed E-state index contributed by atoms with van der Waals surface area (Å²) >= 11 is 0. The number of aromatic amines is 1. The fraction of sp³-hybridized carbons (Fsp3) is 0.192. The van der Waals surface area contributed by atoms with Gasteiger partial charge in [0.2, 0.25) is 0 Å². The van der Waals surface area contributed by atoms with Crippen molar-refractivity contribution >= 4 is 16.7 Å². The molecule has 1 N–H and O–H groups in total. The summed E-state index contributed by atoms with van der Waals surface area (Å²) < 4.78 is 40.0. The molecule has 0 radical (unpaired) electrons. The molecule has 0 saturated carbocycles. The Labute approximate surface area is 192 Å². The van der Waals surface area contributed by atoms with Gasteiger partial charge in [-0.05, 0) is 28.5 Å². The first-order chi connectivity index (χ1) is 16.3. The lowest BCUT2D eigenvalue weighted by atomic mass is 10.0. The Morgan fingerprint density at radius 2 is 1.74 bits per heavy atom. The van der Waals surface area contributed by atoms with E-state index in [1.165, 1.54) is 18.2 Å². The summed E-state index contributed by atoms with van der Waals surface area (Å²) in [6.45, 7) is 0.462. The molecule has 172 valence electrons. The molecule has 1 aliphatic heterocycles. The van der Waals surface area contributed by atoms with Gasteiger partial charge in [0.15, 0.2) is 0 Å². The molecule has 0 bridgehead atoms. The van der Waals surface area contributed by atoms with Gasteiger partial charge in [-0.1, -0.05) is 54.6 Å². The van der Waals surface area contributed by atoms with E-state index < -0.39 is 17.3 Å². The summed E-state index contributed by atoms with van der Waals surface area (Å²) in [5.74, 6) is -0.000638. The summed E-state index contributed by atoms with van der Waals surface area (Å²) in [4.78, 5) is 34.8. The molecule has 8 heteroatoms. The molecule has 34 heavy (non-hydrogen) atoms. The van der Waals surface area contributed by atoms with Crippen LogP contribution in [0.5, 0.6) is 0 Å². The Hall–Kier alpha value is -3.94. The smallest absolute Gasteiger partial charge is 0.334 e. The number of aromatic nitrogens is 2. The number of carbonyl (C=O) groups excluding carboxylic acids is 1. The summed E-state index contributed by atoms with van der Waals surface area (Å²) in [5.41, 5.74) is 0.313. The minimum atomic E-state index is -4.49. The Morgan fingerprint density at radius 1 is 1.00 bits per heavy atom. The molecule has 3 aromatic carbocycles. The van der Waals surface area contributed by atoms with Crippen LogP contribution in [0.2, 0.25) is 0 Å².